The molecule has 0 radical (unpaired) electrons. The number of aromatic nitrogens is 3. The van der Waals surface area contributed by atoms with Crippen LogP contribution in [0.2, 0.25) is 0 Å². The number of rotatable bonds is 7. The molecule has 7 nitrogen and oxygen atoms in total. The van der Waals surface area contributed by atoms with Crippen LogP contribution in [0.1, 0.15) is 34.9 Å². The number of likely N-dealkylation sites (tertiary alicyclic amines) is 1. The second-order valence-corrected chi connectivity index (χ2v) is 9.20. The van der Waals surface area contributed by atoms with Gasteiger partial charge in [0.1, 0.15) is 0 Å². The minimum Gasteiger partial charge on any atom is -0.335 e. The molecule has 1 aliphatic heterocycles. The molecule has 1 fully saturated rings. The predicted molar refractivity (Wildman–Crippen MR) is 125 cm³/mol. The lowest BCUT2D eigenvalue weighted by molar-refractivity contribution is -0.128. The Hall–Kier alpha value is -3.13. The van der Waals surface area contributed by atoms with Gasteiger partial charge in [-0.2, -0.15) is 0 Å². The average molecular weight is 450 g/mol. The zero-order valence-corrected chi connectivity index (χ0v) is 19.4. The van der Waals surface area contributed by atoms with Crippen molar-refractivity contribution in [3.05, 3.63) is 71.0 Å². The van der Waals surface area contributed by atoms with Gasteiger partial charge in [-0.1, -0.05) is 48.2 Å². The van der Waals surface area contributed by atoms with E-state index in [0.29, 0.717) is 30.5 Å². The summed E-state index contributed by atoms with van der Waals surface area (Å²) in [5, 5.41) is 12.1. The van der Waals surface area contributed by atoms with Crippen LogP contribution >= 0.6 is 11.8 Å². The quantitative estimate of drug-likeness (QED) is 0.557. The highest BCUT2D eigenvalue weighted by molar-refractivity contribution is 7.99. The van der Waals surface area contributed by atoms with Crippen LogP contribution in [0.4, 0.5) is 5.69 Å². The van der Waals surface area contributed by atoms with Gasteiger partial charge < -0.3 is 14.8 Å². The molecule has 0 aliphatic carbocycles. The highest BCUT2D eigenvalue weighted by atomic mass is 32.2. The molecule has 32 heavy (non-hydrogen) atoms. The van der Waals surface area contributed by atoms with Gasteiger partial charge in [0.05, 0.1) is 12.3 Å². The van der Waals surface area contributed by atoms with E-state index in [4.69, 9.17) is 0 Å². The highest BCUT2D eigenvalue weighted by Crippen LogP contribution is 2.29. The third-order valence-corrected chi connectivity index (χ3v) is 6.60. The van der Waals surface area contributed by atoms with E-state index < -0.39 is 0 Å². The number of hydrogen-bond acceptors (Lipinski definition) is 5. The number of aryl methyl sites for hydroxylation is 2. The Balaban J connectivity index is 1.33. The van der Waals surface area contributed by atoms with Crippen molar-refractivity contribution in [2.75, 3.05) is 17.6 Å². The maximum atomic E-state index is 12.5. The number of amides is 2. The number of thioether (sulfide) groups is 1. The van der Waals surface area contributed by atoms with Crippen LogP contribution in [-0.4, -0.2) is 43.8 Å². The first-order chi connectivity index (χ1) is 15.4. The molecule has 0 spiro atoms. The number of nitrogens with zero attached hydrogens (tertiary/aromatic N) is 4. The molecule has 3 aromatic rings. The normalized spacial score (nSPS) is 15.9. The highest BCUT2D eigenvalue weighted by Gasteiger charge is 2.31. The first kappa shape index (κ1) is 22.1. The van der Waals surface area contributed by atoms with E-state index in [1.165, 1.54) is 17.3 Å². The Morgan fingerprint density at radius 3 is 2.56 bits per heavy atom. The molecule has 2 amide bonds. The SMILES string of the molecule is Cc1cc(C)cc(NC(=O)CSc2nnc(CN3C[C@@H](c4ccccc4)CC3=O)n2C)c1. The molecule has 1 saturated heterocycles. The monoisotopic (exact) mass is 449 g/mol. The molecule has 1 atom stereocenters. The second-order valence-electron chi connectivity index (χ2n) is 8.26. The number of anilines is 1. The van der Waals surface area contributed by atoms with Gasteiger partial charge in [0, 0.05) is 31.6 Å². The molecule has 4 rings (SSSR count). The van der Waals surface area contributed by atoms with Crippen LogP contribution in [0.5, 0.6) is 0 Å². The summed E-state index contributed by atoms with van der Waals surface area (Å²) >= 11 is 1.33. The number of benzene rings is 2. The zero-order valence-electron chi connectivity index (χ0n) is 18.5. The topological polar surface area (TPSA) is 80.1 Å². The maximum absolute atomic E-state index is 12.5. The fraction of sp³-hybridized carbons (Fsp3) is 0.333. The average Bonchev–Trinajstić information content (AvgIpc) is 3.29. The van der Waals surface area contributed by atoms with Crippen LogP contribution in [0.15, 0.2) is 53.7 Å². The molecule has 8 heteroatoms. The molecule has 2 heterocycles. The molecule has 0 bridgehead atoms. The van der Waals surface area contributed by atoms with Crippen molar-refractivity contribution in [3.63, 3.8) is 0 Å². The summed E-state index contributed by atoms with van der Waals surface area (Å²) < 4.78 is 1.86. The van der Waals surface area contributed by atoms with E-state index in [1.54, 1.807) is 0 Å². The van der Waals surface area contributed by atoms with Gasteiger partial charge in [0.25, 0.3) is 0 Å². The lowest BCUT2D eigenvalue weighted by atomic mass is 9.99. The molecule has 166 valence electrons. The van der Waals surface area contributed by atoms with Gasteiger partial charge in [-0.3, -0.25) is 9.59 Å². The number of carbonyl (C=O) groups is 2. The van der Waals surface area contributed by atoms with Crippen molar-refractivity contribution >= 4 is 29.3 Å². The summed E-state index contributed by atoms with van der Waals surface area (Å²) in [6.45, 7) is 5.11. The molecule has 0 saturated carbocycles. The molecular weight excluding hydrogens is 422 g/mol. The minimum absolute atomic E-state index is 0.0926. The van der Waals surface area contributed by atoms with E-state index in [0.717, 1.165) is 16.8 Å². The summed E-state index contributed by atoms with van der Waals surface area (Å²) in [5.74, 6) is 1.19. The molecule has 1 N–H and O–H groups in total. The lowest BCUT2D eigenvalue weighted by Crippen LogP contribution is -2.26. The van der Waals surface area contributed by atoms with Gasteiger partial charge in [-0.25, -0.2) is 0 Å². The van der Waals surface area contributed by atoms with Gasteiger partial charge in [-0.15, -0.1) is 10.2 Å². The molecule has 1 aromatic heterocycles. The number of carbonyl (C=O) groups excluding carboxylic acids is 2. The van der Waals surface area contributed by atoms with Gasteiger partial charge in [0.15, 0.2) is 11.0 Å². The molecular formula is C24H27N5O2S. The maximum Gasteiger partial charge on any atom is 0.234 e. The smallest absolute Gasteiger partial charge is 0.234 e. The first-order valence-electron chi connectivity index (χ1n) is 10.6. The van der Waals surface area contributed by atoms with Crippen LogP contribution in [-0.2, 0) is 23.2 Å². The molecule has 2 aromatic carbocycles. The van der Waals surface area contributed by atoms with E-state index >= 15 is 0 Å². The summed E-state index contributed by atoms with van der Waals surface area (Å²) in [5.41, 5.74) is 4.20. The summed E-state index contributed by atoms with van der Waals surface area (Å²) in [4.78, 5) is 26.7. The Kier molecular flexibility index (Phi) is 6.60. The van der Waals surface area contributed by atoms with E-state index in [9.17, 15) is 9.59 Å². The van der Waals surface area contributed by atoms with Gasteiger partial charge in [-0.05, 0) is 42.7 Å². The van der Waals surface area contributed by atoms with Crippen LogP contribution in [0, 0.1) is 13.8 Å². The first-order valence-corrected chi connectivity index (χ1v) is 11.6. The molecule has 1 aliphatic rings. The predicted octanol–water partition coefficient (Wildman–Crippen LogP) is 3.68. The van der Waals surface area contributed by atoms with Crippen LogP contribution < -0.4 is 5.32 Å². The second kappa shape index (κ2) is 9.56. The largest absolute Gasteiger partial charge is 0.335 e. The van der Waals surface area contributed by atoms with Crippen LogP contribution in [0.3, 0.4) is 0 Å². The zero-order chi connectivity index (χ0) is 22.7. The van der Waals surface area contributed by atoms with Crippen molar-refractivity contribution in [2.24, 2.45) is 7.05 Å². The third kappa shape index (κ3) is 5.19. The summed E-state index contributed by atoms with van der Waals surface area (Å²) in [6, 6.07) is 16.1. The van der Waals surface area contributed by atoms with Crippen molar-refractivity contribution in [1.82, 2.24) is 19.7 Å². The van der Waals surface area contributed by atoms with Crippen molar-refractivity contribution in [3.8, 4) is 0 Å². The fourth-order valence-electron chi connectivity index (χ4n) is 4.03. The van der Waals surface area contributed by atoms with E-state index in [-0.39, 0.29) is 23.5 Å². The van der Waals surface area contributed by atoms with Gasteiger partial charge in [0.2, 0.25) is 11.8 Å². The summed E-state index contributed by atoms with van der Waals surface area (Å²) in [6.07, 6.45) is 0.516. The third-order valence-electron chi connectivity index (χ3n) is 5.58. The van der Waals surface area contributed by atoms with Crippen molar-refractivity contribution in [2.45, 2.75) is 37.9 Å². The summed E-state index contributed by atoms with van der Waals surface area (Å²) in [7, 11) is 1.87. The number of hydrogen-bond donors (Lipinski definition) is 1. The Morgan fingerprint density at radius 1 is 1.12 bits per heavy atom. The Morgan fingerprint density at radius 2 is 1.84 bits per heavy atom. The Labute approximate surface area is 192 Å². The van der Waals surface area contributed by atoms with Gasteiger partial charge >= 0.3 is 0 Å². The standard InChI is InChI=1S/C24H27N5O2S/c1-16-9-17(2)11-20(10-16)25-22(30)15-32-24-27-26-21(28(24)3)14-29-13-19(12-23(29)31)18-7-5-4-6-8-18/h4-11,19H,12-15H2,1-3H3,(H,25,30)/t19-/m0/s1. The Bertz CT molecular complexity index is 1110. The van der Waals surface area contributed by atoms with Crippen molar-refractivity contribution < 1.29 is 9.59 Å². The molecule has 0 unspecified atom stereocenters. The number of nitrogens with one attached hydrogen (secondary N) is 1. The lowest BCUT2D eigenvalue weighted by Gasteiger charge is -2.16. The van der Waals surface area contributed by atoms with Crippen molar-refractivity contribution in [1.29, 1.82) is 0 Å². The minimum atomic E-state index is -0.0926. The fourth-order valence-corrected chi connectivity index (χ4v) is 4.76. The van der Waals surface area contributed by atoms with E-state index in [2.05, 4.69) is 33.7 Å². The van der Waals surface area contributed by atoms with Crippen LogP contribution in [0.25, 0.3) is 0 Å². The van der Waals surface area contributed by atoms with E-state index in [1.807, 2.05) is 60.7 Å².